The van der Waals surface area contributed by atoms with Crippen molar-refractivity contribution in [1.82, 2.24) is 4.90 Å². The molecule has 0 aromatic carbocycles. The van der Waals surface area contributed by atoms with Gasteiger partial charge in [-0.25, -0.2) is 14.4 Å². The van der Waals surface area contributed by atoms with Crippen LogP contribution in [0.1, 0.15) is 0 Å². The largest absolute Gasteiger partial charge is 0.465 e. The summed E-state index contributed by atoms with van der Waals surface area (Å²) in [5, 5.41) is 8.82. The lowest BCUT2D eigenvalue weighted by Gasteiger charge is -2.18. The predicted molar refractivity (Wildman–Crippen MR) is 61.9 cm³/mol. The molecule has 0 heterocycles. The fraction of sp³-hybridized carbons (Fsp3) is 0.364. The van der Waals surface area contributed by atoms with Gasteiger partial charge in [0.15, 0.2) is 0 Å². The molecule has 18 heavy (non-hydrogen) atoms. The molecule has 0 spiro atoms. The van der Waals surface area contributed by atoms with Gasteiger partial charge in [0.25, 0.3) is 0 Å². The molecule has 0 aromatic heterocycles. The van der Waals surface area contributed by atoms with Crippen molar-refractivity contribution in [1.29, 1.82) is 0 Å². The summed E-state index contributed by atoms with van der Waals surface area (Å²) in [6.45, 7) is 6.19. The number of carbonyl (C=O) groups excluding carboxylic acids is 2. The van der Waals surface area contributed by atoms with Crippen molar-refractivity contribution in [3.05, 3.63) is 25.3 Å². The van der Waals surface area contributed by atoms with Gasteiger partial charge < -0.3 is 19.5 Å². The summed E-state index contributed by atoms with van der Waals surface area (Å²) < 4.78 is 9.27. The van der Waals surface area contributed by atoms with E-state index in [1.54, 1.807) is 0 Å². The number of nitrogens with zero attached hydrogens (tertiary/aromatic N) is 1. The zero-order chi connectivity index (χ0) is 14.0. The molecule has 0 saturated heterocycles. The summed E-state index contributed by atoms with van der Waals surface area (Å²) in [6, 6.07) is 0. The number of esters is 2. The molecule has 0 aliphatic rings. The quantitative estimate of drug-likeness (QED) is 0.500. The number of carboxylic acid groups (broad SMARTS) is 1. The number of rotatable bonds is 8. The fourth-order valence-electron chi connectivity index (χ4n) is 0.934. The smallest absolute Gasteiger partial charge is 0.407 e. The van der Waals surface area contributed by atoms with Crippen LogP contribution in [-0.2, 0) is 19.1 Å². The van der Waals surface area contributed by atoms with Gasteiger partial charge in [-0.05, 0) is 0 Å². The second kappa shape index (κ2) is 8.80. The molecule has 0 bridgehead atoms. The minimum absolute atomic E-state index is 0.0133. The predicted octanol–water partition coefficient (Wildman–Crippen LogP) is 0.425. The normalized spacial score (nSPS) is 9.11. The van der Waals surface area contributed by atoms with Crippen LogP contribution in [0.25, 0.3) is 0 Å². The van der Waals surface area contributed by atoms with Gasteiger partial charge in [-0.1, -0.05) is 13.2 Å². The number of amides is 1. The maximum Gasteiger partial charge on any atom is 0.407 e. The lowest BCUT2D eigenvalue weighted by molar-refractivity contribution is -0.138. The Hall–Kier alpha value is -2.31. The van der Waals surface area contributed by atoms with Crippen LogP contribution in [0.5, 0.6) is 0 Å². The average molecular weight is 257 g/mol. The van der Waals surface area contributed by atoms with E-state index in [4.69, 9.17) is 5.11 Å². The van der Waals surface area contributed by atoms with E-state index in [2.05, 4.69) is 22.6 Å². The van der Waals surface area contributed by atoms with Crippen molar-refractivity contribution in [3.8, 4) is 0 Å². The Labute approximate surface area is 104 Å². The molecule has 100 valence electrons. The van der Waals surface area contributed by atoms with Crippen LogP contribution in [-0.4, -0.2) is 54.3 Å². The molecular weight excluding hydrogens is 242 g/mol. The van der Waals surface area contributed by atoms with E-state index in [9.17, 15) is 14.4 Å². The van der Waals surface area contributed by atoms with E-state index in [-0.39, 0.29) is 26.3 Å². The lowest BCUT2D eigenvalue weighted by Crippen LogP contribution is -2.36. The van der Waals surface area contributed by atoms with E-state index in [0.29, 0.717) is 0 Å². The van der Waals surface area contributed by atoms with Gasteiger partial charge in [0.1, 0.15) is 13.2 Å². The van der Waals surface area contributed by atoms with Gasteiger partial charge in [-0.2, -0.15) is 0 Å². The zero-order valence-corrected chi connectivity index (χ0v) is 9.83. The molecule has 0 aliphatic carbocycles. The van der Waals surface area contributed by atoms with Crippen molar-refractivity contribution in [2.45, 2.75) is 0 Å². The second-order valence-electron chi connectivity index (χ2n) is 3.01. The lowest BCUT2D eigenvalue weighted by atomic mass is 10.5. The van der Waals surface area contributed by atoms with Crippen LogP contribution in [0.15, 0.2) is 25.3 Å². The minimum Gasteiger partial charge on any atom is -0.465 e. The first kappa shape index (κ1) is 15.7. The van der Waals surface area contributed by atoms with Gasteiger partial charge in [0.05, 0.1) is 13.1 Å². The maximum atomic E-state index is 10.8. The fourth-order valence-corrected chi connectivity index (χ4v) is 0.934. The molecule has 0 saturated carbocycles. The molecule has 0 fully saturated rings. The Balaban J connectivity index is 3.96. The highest BCUT2D eigenvalue weighted by Crippen LogP contribution is 1.92. The Morgan fingerprint density at radius 3 is 1.67 bits per heavy atom. The second-order valence-corrected chi connectivity index (χ2v) is 3.01. The van der Waals surface area contributed by atoms with Gasteiger partial charge in [-0.3, -0.25) is 0 Å². The standard InChI is InChI=1S/C11H15NO6/c1-3-9(13)17-7-5-12(11(15)16)6-8-18-10(14)4-2/h3-4H,1-2,5-8H2,(H,15,16). The van der Waals surface area contributed by atoms with Crippen LogP contribution < -0.4 is 0 Å². The van der Waals surface area contributed by atoms with Gasteiger partial charge in [0.2, 0.25) is 0 Å². The van der Waals surface area contributed by atoms with Gasteiger partial charge >= 0.3 is 18.0 Å². The number of carbonyl (C=O) groups is 3. The highest BCUT2D eigenvalue weighted by Gasteiger charge is 2.12. The molecule has 0 radical (unpaired) electrons. The van der Waals surface area contributed by atoms with Crippen LogP contribution >= 0.6 is 0 Å². The molecule has 1 amide bonds. The molecule has 1 N–H and O–H groups in total. The Bertz CT molecular complexity index is 312. The summed E-state index contributed by atoms with van der Waals surface area (Å²) in [5.74, 6) is -1.25. The third-order valence-corrected chi connectivity index (χ3v) is 1.81. The summed E-state index contributed by atoms with van der Waals surface area (Å²) in [4.78, 5) is 33.2. The van der Waals surface area contributed by atoms with Gasteiger partial charge in [0, 0.05) is 12.2 Å². The Kier molecular flexibility index (Phi) is 7.67. The zero-order valence-electron chi connectivity index (χ0n) is 9.83. The first-order chi connectivity index (χ1) is 8.51. The monoisotopic (exact) mass is 257 g/mol. The van der Waals surface area contributed by atoms with Crippen LogP contribution in [0.2, 0.25) is 0 Å². The molecule has 0 atom stereocenters. The van der Waals surface area contributed by atoms with Crippen molar-refractivity contribution >= 4 is 18.0 Å². The first-order valence-electron chi connectivity index (χ1n) is 5.07. The van der Waals surface area contributed by atoms with Crippen molar-refractivity contribution in [3.63, 3.8) is 0 Å². The Morgan fingerprint density at radius 2 is 1.39 bits per heavy atom. The molecule has 0 rings (SSSR count). The molecule has 0 aromatic rings. The summed E-state index contributed by atoms with van der Waals surface area (Å²) in [6.07, 6.45) is 0.771. The maximum absolute atomic E-state index is 10.8. The average Bonchev–Trinajstić information content (AvgIpc) is 2.35. The minimum atomic E-state index is -1.20. The topological polar surface area (TPSA) is 93.1 Å². The summed E-state index contributed by atoms with van der Waals surface area (Å²) >= 11 is 0. The van der Waals surface area contributed by atoms with Crippen molar-refractivity contribution in [2.75, 3.05) is 26.3 Å². The number of hydrogen-bond acceptors (Lipinski definition) is 5. The highest BCUT2D eigenvalue weighted by molar-refractivity contribution is 5.81. The molecule has 0 unspecified atom stereocenters. The number of hydrogen-bond donors (Lipinski definition) is 1. The van der Waals surface area contributed by atoms with Crippen molar-refractivity contribution < 1.29 is 29.0 Å². The Morgan fingerprint density at radius 1 is 1.00 bits per heavy atom. The van der Waals surface area contributed by atoms with Crippen LogP contribution in [0.4, 0.5) is 4.79 Å². The van der Waals surface area contributed by atoms with E-state index in [0.717, 1.165) is 17.1 Å². The third kappa shape index (κ3) is 7.04. The van der Waals surface area contributed by atoms with E-state index in [1.807, 2.05) is 0 Å². The summed E-state index contributed by atoms with van der Waals surface area (Å²) in [7, 11) is 0. The summed E-state index contributed by atoms with van der Waals surface area (Å²) in [5.41, 5.74) is 0. The van der Waals surface area contributed by atoms with Crippen LogP contribution in [0.3, 0.4) is 0 Å². The van der Waals surface area contributed by atoms with Crippen molar-refractivity contribution in [2.24, 2.45) is 0 Å². The van der Waals surface area contributed by atoms with E-state index in [1.165, 1.54) is 0 Å². The van der Waals surface area contributed by atoms with Gasteiger partial charge in [-0.15, -0.1) is 0 Å². The third-order valence-electron chi connectivity index (χ3n) is 1.81. The molecule has 7 nitrogen and oxygen atoms in total. The van der Waals surface area contributed by atoms with E-state index < -0.39 is 18.0 Å². The molecular formula is C11H15NO6. The SMILES string of the molecule is C=CC(=O)OCCN(CCOC(=O)C=C)C(=O)O. The van der Waals surface area contributed by atoms with Crippen LogP contribution in [0, 0.1) is 0 Å². The number of ether oxygens (including phenoxy) is 2. The first-order valence-corrected chi connectivity index (χ1v) is 5.07. The highest BCUT2D eigenvalue weighted by atomic mass is 16.5. The molecule has 0 aliphatic heterocycles. The van der Waals surface area contributed by atoms with E-state index >= 15 is 0 Å². The molecule has 7 heteroatoms.